The van der Waals surface area contributed by atoms with Crippen LogP contribution in [0.5, 0.6) is 0 Å². The molecule has 3 aromatic carbocycles. The number of likely N-dealkylation sites (tertiary alicyclic amines) is 3. The van der Waals surface area contributed by atoms with E-state index in [9.17, 15) is 0 Å². The van der Waals surface area contributed by atoms with Gasteiger partial charge in [0.05, 0.1) is 17.1 Å². The van der Waals surface area contributed by atoms with Gasteiger partial charge in [0.25, 0.3) is 0 Å². The van der Waals surface area contributed by atoms with Crippen LogP contribution < -0.4 is 10.6 Å². The molecule has 3 unspecified atom stereocenters. The van der Waals surface area contributed by atoms with Gasteiger partial charge in [-0.2, -0.15) is 0 Å². The van der Waals surface area contributed by atoms with Gasteiger partial charge in [0.1, 0.15) is 0 Å². The van der Waals surface area contributed by atoms with Crippen molar-refractivity contribution in [1.82, 2.24) is 50.1 Å². The Morgan fingerprint density at radius 3 is 1.32 bits per heavy atom. The Balaban J connectivity index is 0.000000122. The number of hydrogen-bond donors (Lipinski definition) is 2. The minimum atomic E-state index is 0.323. The van der Waals surface area contributed by atoms with Gasteiger partial charge in [-0.25, -0.2) is 0 Å². The van der Waals surface area contributed by atoms with Gasteiger partial charge in [0.2, 0.25) is 0 Å². The summed E-state index contributed by atoms with van der Waals surface area (Å²) >= 11 is 23.0. The van der Waals surface area contributed by atoms with Crippen LogP contribution in [0.4, 0.5) is 0 Å². The maximum Gasteiger partial charge on any atom is 0.0574 e. The van der Waals surface area contributed by atoms with E-state index in [2.05, 4.69) is 169 Å². The van der Waals surface area contributed by atoms with Crippen LogP contribution in [0.15, 0.2) is 110 Å². The third kappa shape index (κ3) is 12.6. The Morgan fingerprint density at radius 2 is 0.805 bits per heavy atom. The minimum absolute atomic E-state index is 0.323. The average molecular weight is 1220 g/mol. The van der Waals surface area contributed by atoms with Crippen LogP contribution in [0, 0.1) is 17.8 Å². The van der Waals surface area contributed by atoms with Crippen molar-refractivity contribution in [2.24, 2.45) is 17.8 Å². The van der Waals surface area contributed by atoms with Crippen molar-refractivity contribution in [1.29, 1.82) is 0 Å². The van der Waals surface area contributed by atoms with Crippen molar-refractivity contribution in [3.8, 4) is 0 Å². The lowest BCUT2D eigenvalue weighted by Gasteiger charge is -2.36. The Bertz CT molecular complexity index is 3290. The fourth-order valence-electron chi connectivity index (χ4n) is 14.4. The van der Waals surface area contributed by atoms with E-state index in [4.69, 9.17) is 49.8 Å². The smallest absolute Gasteiger partial charge is 0.0574 e. The van der Waals surface area contributed by atoms with Gasteiger partial charge in [0, 0.05) is 136 Å². The van der Waals surface area contributed by atoms with Crippen molar-refractivity contribution in [3.63, 3.8) is 0 Å². The van der Waals surface area contributed by atoms with Crippen molar-refractivity contribution in [3.05, 3.63) is 192 Å². The highest BCUT2D eigenvalue weighted by Crippen LogP contribution is 2.49. The summed E-state index contributed by atoms with van der Waals surface area (Å²) in [5, 5.41) is 9.35. The zero-order valence-electron chi connectivity index (χ0n) is 47.8. The zero-order valence-corrected chi connectivity index (χ0v) is 51.7. The third-order valence-electron chi connectivity index (χ3n) is 18.8. The van der Waals surface area contributed by atoms with Gasteiger partial charge in [-0.15, -0.1) is 0 Å². The lowest BCUT2D eigenvalue weighted by Crippen LogP contribution is -2.42. The standard InChI is InChI=1S/2C24H29ClN4.C20H20BrClN2/c1-28-11-6-17(7-12-28)23-20-5-4-19(25)15-18(20)16-22(29-13-9-26-10-14-29)21-3-2-8-27-24(21)23;1-28-11-6-17(7-12-28)23-20-5-4-19(25)16-21(20)22(29-13-9-26-10-14-29)15-18-3-2-8-27-24(18)23;1-24-9-6-13(7-10-24)19-16-5-4-15(22)11-14(16)12-18(21)17-3-2-8-23-20(17)19/h2*2-5,8,15-17,23,26H,6-7,9-14H2,1H3;2-5,8,11-13,19H,6-7,9-10H2,1H3. The molecular weight excluding hydrogens is 1140 g/mol. The number of aromatic nitrogens is 3. The zero-order chi connectivity index (χ0) is 56.3. The molecule has 14 heteroatoms. The van der Waals surface area contributed by atoms with Gasteiger partial charge < -0.3 is 35.1 Å². The molecule has 10 nitrogen and oxygen atoms in total. The van der Waals surface area contributed by atoms with E-state index in [1.165, 1.54) is 117 Å². The van der Waals surface area contributed by atoms with Crippen LogP contribution in [0.3, 0.4) is 0 Å². The summed E-state index contributed by atoms with van der Waals surface area (Å²) in [6.07, 6.45) is 20.0. The number of nitrogens with one attached hydrogen (secondary N) is 2. The van der Waals surface area contributed by atoms with E-state index in [-0.39, 0.29) is 0 Å². The van der Waals surface area contributed by atoms with Gasteiger partial charge >= 0.3 is 0 Å². The molecule has 3 atom stereocenters. The fraction of sp³-hybridized carbons (Fsp3) is 0.426. The first-order valence-electron chi connectivity index (χ1n) is 30.1. The number of fused-ring (bicyclic) bond motifs is 6. The van der Waals surface area contributed by atoms with Crippen LogP contribution in [0.2, 0.25) is 15.1 Å². The number of piperidine rings is 3. The molecule has 82 heavy (non-hydrogen) atoms. The minimum Gasteiger partial charge on any atom is -0.368 e. The molecule has 3 aromatic heterocycles. The number of hydrogen-bond acceptors (Lipinski definition) is 10. The molecule has 5 fully saturated rings. The largest absolute Gasteiger partial charge is 0.368 e. The van der Waals surface area contributed by atoms with E-state index >= 15 is 0 Å². The number of benzene rings is 3. The first-order chi connectivity index (χ1) is 40.0. The third-order valence-corrected chi connectivity index (χ3v) is 20.2. The maximum absolute atomic E-state index is 6.52. The van der Waals surface area contributed by atoms with Crippen molar-refractivity contribution in [2.75, 3.05) is 113 Å². The van der Waals surface area contributed by atoms with Crippen LogP contribution in [0.25, 0.3) is 34.1 Å². The summed E-state index contributed by atoms with van der Waals surface area (Å²) in [5.41, 5.74) is 17.9. The molecule has 0 bridgehead atoms. The highest BCUT2D eigenvalue weighted by atomic mass is 79.9. The normalized spacial score (nSPS) is 22.7. The second-order valence-corrected chi connectivity index (χ2v) is 26.2. The summed E-state index contributed by atoms with van der Waals surface area (Å²) in [5.74, 6) is 2.80. The van der Waals surface area contributed by atoms with Gasteiger partial charge in [-0.05, 0) is 229 Å². The first-order valence-corrected chi connectivity index (χ1v) is 32.0. The second-order valence-electron chi connectivity index (χ2n) is 24.0. The number of halogens is 4. The quantitative estimate of drug-likeness (QED) is 0.174. The molecule has 2 N–H and O–H groups in total. The Hall–Kier alpha value is -4.92. The van der Waals surface area contributed by atoms with Gasteiger partial charge in [-0.3, -0.25) is 15.0 Å². The summed E-state index contributed by atoms with van der Waals surface area (Å²) in [7, 11) is 6.67. The number of pyridine rings is 3. The average Bonchev–Trinajstić information content (AvgIpc) is 3.92. The van der Waals surface area contributed by atoms with Gasteiger partial charge in [0.15, 0.2) is 0 Å². The highest BCUT2D eigenvalue weighted by Gasteiger charge is 2.38. The van der Waals surface area contributed by atoms with E-state index < -0.39 is 0 Å². The van der Waals surface area contributed by atoms with Crippen molar-refractivity contribution in [2.45, 2.75) is 56.3 Å². The predicted octanol–water partition coefficient (Wildman–Crippen LogP) is 13.3. The fourth-order valence-corrected chi connectivity index (χ4v) is 15.6. The molecule has 14 rings (SSSR count). The summed E-state index contributed by atoms with van der Waals surface area (Å²) in [6.45, 7) is 15.1. The molecule has 3 aliphatic carbocycles. The molecule has 5 aliphatic heterocycles. The molecule has 8 aliphatic rings. The first kappa shape index (κ1) is 57.5. The summed E-state index contributed by atoms with van der Waals surface area (Å²) in [4.78, 5) is 27.1. The summed E-state index contributed by atoms with van der Waals surface area (Å²) in [6, 6.07) is 32.1. The Labute approximate surface area is 510 Å². The van der Waals surface area contributed by atoms with E-state index in [0.717, 1.165) is 111 Å². The molecule has 6 aromatic rings. The molecule has 0 saturated carbocycles. The number of nitrogens with zero attached hydrogens (tertiary/aromatic N) is 8. The van der Waals surface area contributed by atoms with Crippen LogP contribution in [-0.4, -0.2) is 152 Å². The molecule has 428 valence electrons. The molecule has 0 amide bonds. The van der Waals surface area contributed by atoms with Gasteiger partial charge in [-0.1, -0.05) is 81.1 Å². The topological polar surface area (TPSA) is 78.9 Å². The maximum atomic E-state index is 6.52. The van der Waals surface area contributed by atoms with E-state index in [1.54, 1.807) is 0 Å². The monoisotopic (exact) mass is 1220 g/mol. The van der Waals surface area contributed by atoms with Crippen LogP contribution in [0.1, 0.15) is 123 Å². The molecule has 0 radical (unpaired) electrons. The number of rotatable bonds is 5. The van der Waals surface area contributed by atoms with Crippen LogP contribution in [-0.2, 0) is 0 Å². The predicted molar refractivity (Wildman–Crippen MR) is 345 cm³/mol. The summed E-state index contributed by atoms with van der Waals surface area (Å²) < 4.78 is 1.09. The molecule has 8 heterocycles. The number of piperazine rings is 2. The lowest BCUT2D eigenvalue weighted by atomic mass is 9.76. The van der Waals surface area contributed by atoms with Crippen molar-refractivity contribution >= 4 is 84.8 Å². The molecular formula is C68H78BrCl3N10. The van der Waals surface area contributed by atoms with Crippen molar-refractivity contribution < 1.29 is 0 Å². The Kier molecular flexibility index (Phi) is 18.3. The van der Waals surface area contributed by atoms with Crippen LogP contribution >= 0.6 is 50.7 Å². The lowest BCUT2D eigenvalue weighted by molar-refractivity contribution is 0.206. The highest BCUT2D eigenvalue weighted by molar-refractivity contribution is 9.15. The van der Waals surface area contributed by atoms with E-state index in [1.807, 2.05) is 30.7 Å². The second kappa shape index (κ2) is 26.1. The Morgan fingerprint density at radius 1 is 0.415 bits per heavy atom. The molecule has 0 spiro atoms. The molecule has 5 saturated heterocycles. The SMILES string of the molecule is CN1CCC(C2c3ccc(Cl)cc3C(N3CCNCC3)=Cc3cccnc32)CC1.CN1CCC(C2c3ccc(Cl)cc3C=C(Br)c3cccnc32)CC1.CN1CCC(C2c3ccc(Cl)cc3C=C(N3CCNCC3)c3cccnc32)CC1. The van der Waals surface area contributed by atoms with E-state index in [0.29, 0.717) is 35.5 Å².